The van der Waals surface area contributed by atoms with Gasteiger partial charge in [0.15, 0.2) is 0 Å². The van der Waals surface area contributed by atoms with Gasteiger partial charge in [-0.3, -0.25) is 4.84 Å². The second-order valence-corrected chi connectivity index (χ2v) is 3.48. The van der Waals surface area contributed by atoms with Crippen LogP contribution in [0.15, 0.2) is 23.1 Å². The lowest BCUT2D eigenvalue weighted by molar-refractivity contribution is 0.123. The van der Waals surface area contributed by atoms with Crippen LogP contribution in [0.2, 0.25) is 0 Å². The highest BCUT2D eigenvalue weighted by atomic mass is 32.2. The molecule has 3 heteroatoms. The van der Waals surface area contributed by atoms with E-state index in [9.17, 15) is 0 Å². The standard InChI is InChI=1S/C9H13NOS/c1-7-3-4-9(12-2)5-8(7)6-11-10/h3-5H,6,10H2,1-2H3. The molecule has 2 nitrogen and oxygen atoms in total. The summed E-state index contributed by atoms with van der Waals surface area (Å²) < 4.78 is 0. The maximum absolute atomic E-state index is 5.01. The fourth-order valence-corrected chi connectivity index (χ4v) is 1.48. The molecule has 0 atom stereocenters. The summed E-state index contributed by atoms with van der Waals surface area (Å²) in [5, 5.41) is 0. The highest BCUT2D eigenvalue weighted by Crippen LogP contribution is 2.19. The molecule has 0 bridgehead atoms. The van der Waals surface area contributed by atoms with Crippen LogP contribution in [-0.4, -0.2) is 6.26 Å². The Bertz CT molecular complexity index is 263. The zero-order valence-corrected chi connectivity index (χ0v) is 8.15. The third-order valence-corrected chi connectivity index (χ3v) is 2.52. The van der Waals surface area contributed by atoms with Crippen LogP contribution < -0.4 is 5.90 Å². The largest absolute Gasteiger partial charge is 0.300 e. The molecule has 0 saturated carbocycles. The summed E-state index contributed by atoms with van der Waals surface area (Å²) >= 11 is 1.72. The average molecular weight is 183 g/mol. The van der Waals surface area contributed by atoms with Crippen molar-refractivity contribution >= 4 is 11.8 Å². The van der Waals surface area contributed by atoms with E-state index in [1.165, 1.54) is 10.5 Å². The third-order valence-electron chi connectivity index (χ3n) is 1.80. The summed E-state index contributed by atoms with van der Waals surface area (Å²) in [5.41, 5.74) is 2.38. The van der Waals surface area contributed by atoms with Gasteiger partial charge in [0.1, 0.15) is 0 Å². The van der Waals surface area contributed by atoms with Crippen LogP contribution in [0.1, 0.15) is 11.1 Å². The van der Waals surface area contributed by atoms with E-state index in [4.69, 9.17) is 5.90 Å². The Morgan fingerprint density at radius 3 is 2.83 bits per heavy atom. The number of benzene rings is 1. The van der Waals surface area contributed by atoms with E-state index in [0.717, 1.165) is 5.56 Å². The minimum Gasteiger partial charge on any atom is -0.300 e. The van der Waals surface area contributed by atoms with Crippen molar-refractivity contribution in [1.29, 1.82) is 0 Å². The maximum Gasteiger partial charge on any atom is 0.0933 e. The number of hydrogen-bond acceptors (Lipinski definition) is 3. The van der Waals surface area contributed by atoms with Crippen molar-refractivity contribution in [3.8, 4) is 0 Å². The molecule has 0 saturated heterocycles. The molecular weight excluding hydrogens is 170 g/mol. The molecule has 1 aromatic carbocycles. The van der Waals surface area contributed by atoms with Gasteiger partial charge in [-0.25, -0.2) is 5.90 Å². The van der Waals surface area contributed by atoms with Gasteiger partial charge >= 0.3 is 0 Å². The molecule has 0 aliphatic rings. The number of thioether (sulfide) groups is 1. The lowest BCUT2D eigenvalue weighted by Crippen LogP contribution is -2.00. The summed E-state index contributed by atoms with van der Waals surface area (Å²) in [6, 6.07) is 6.28. The molecule has 0 amide bonds. The zero-order valence-electron chi connectivity index (χ0n) is 7.33. The summed E-state index contributed by atoms with van der Waals surface area (Å²) in [7, 11) is 0. The summed E-state index contributed by atoms with van der Waals surface area (Å²) in [6.45, 7) is 2.54. The van der Waals surface area contributed by atoms with Crippen LogP contribution in [0.4, 0.5) is 0 Å². The molecule has 0 heterocycles. The van der Waals surface area contributed by atoms with Crippen LogP contribution >= 0.6 is 11.8 Å². The van der Waals surface area contributed by atoms with E-state index in [1.54, 1.807) is 11.8 Å². The monoisotopic (exact) mass is 183 g/mol. The Balaban J connectivity index is 2.91. The first-order chi connectivity index (χ1) is 5.77. The first kappa shape index (κ1) is 9.58. The first-order valence-corrected chi connectivity index (χ1v) is 4.95. The Morgan fingerprint density at radius 2 is 2.25 bits per heavy atom. The predicted octanol–water partition coefficient (Wildman–Crippen LogP) is 2.11. The molecule has 0 aliphatic heterocycles. The molecule has 0 unspecified atom stereocenters. The number of aryl methyl sites for hydroxylation is 1. The van der Waals surface area contributed by atoms with Crippen molar-refractivity contribution in [2.75, 3.05) is 6.26 Å². The minimum absolute atomic E-state index is 0.486. The van der Waals surface area contributed by atoms with E-state index in [2.05, 4.69) is 36.2 Å². The van der Waals surface area contributed by atoms with E-state index in [1.807, 2.05) is 0 Å². The first-order valence-electron chi connectivity index (χ1n) is 3.73. The van der Waals surface area contributed by atoms with Crippen LogP contribution in [-0.2, 0) is 11.4 Å². The van der Waals surface area contributed by atoms with Gasteiger partial charge < -0.3 is 0 Å². The van der Waals surface area contributed by atoms with Gasteiger partial charge in [-0.15, -0.1) is 11.8 Å². The van der Waals surface area contributed by atoms with Crippen molar-refractivity contribution in [3.05, 3.63) is 29.3 Å². The van der Waals surface area contributed by atoms with Gasteiger partial charge in [0.05, 0.1) is 6.61 Å². The minimum atomic E-state index is 0.486. The summed E-state index contributed by atoms with van der Waals surface area (Å²) in [4.78, 5) is 5.84. The molecule has 2 N–H and O–H groups in total. The molecule has 1 rings (SSSR count). The molecule has 66 valence electrons. The van der Waals surface area contributed by atoms with Crippen LogP contribution in [0.25, 0.3) is 0 Å². The van der Waals surface area contributed by atoms with Crippen molar-refractivity contribution in [2.24, 2.45) is 5.90 Å². The summed E-state index contributed by atoms with van der Waals surface area (Å²) in [5.74, 6) is 5.01. The van der Waals surface area contributed by atoms with Gasteiger partial charge in [0, 0.05) is 4.90 Å². The van der Waals surface area contributed by atoms with Crippen molar-refractivity contribution in [1.82, 2.24) is 0 Å². The topological polar surface area (TPSA) is 35.2 Å². The second kappa shape index (κ2) is 4.50. The molecule has 0 spiro atoms. The van der Waals surface area contributed by atoms with Crippen LogP contribution in [0.5, 0.6) is 0 Å². The predicted molar refractivity (Wildman–Crippen MR) is 51.9 cm³/mol. The quantitative estimate of drug-likeness (QED) is 0.576. The molecule has 12 heavy (non-hydrogen) atoms. The number of hydrogen-bond donors (Lipinski definition) is 1. The lowest BCUT2D eigenvalue weighted by atomic mass is 10.1. The van der Waals surface area contributed by atoms with E-state index >= 15 is 0 Å². The number of nitrogens with two attached hydrogens (primary N) is 1. The SMILES string of the molecule is CSc1ccc(C)c(CON)c1. The van der Waals surface area contributed by atoms with E-state index < -0.39 is 0 Å². The van der Waals surface area contributed by atoms with E-state index in [0.29, 0.717) is 6.61 Å². The van der Waals surface area contributed by atoms with E-state index in [-0.39, 0.29) is 0 Å². The smallest absolute Gasteiger partial charge is 0.0933 e. The van der Waals surface area contributed by atoms with Crippen LogP contribution in [0, 0.1) is 6.92 Å². The molecule has 0 fully saturated rings. The molecule has 0 aliphatic carbocycles. The number of rotatable bonds is 3. The highest BCUT2D eigenvalue weighted by molar-refractivity contribution is 7.98. The fourth-order valence-electron chi connectivity index (χ4n) is 1.02. The Morgan fingerprint density at radius 1 is 1.50 bits per heavy atom. The fraction of sp³-hybridized carbons (Fsp3) is 0.333. The van der Waals surface area contributed by atoms with Gasteiger partial charge in [-0.05, 0) is 36.4 Å². The zero-order chi connectivity index (χ0) is 8.97. The normalized spacial score (nSPS) is 10.2. The Kier molecular flexibility index (Phi) is 3.59. The van der Waals surface area contributed by atoms with Gasteiger partial charge in [-0.2, -0.15) is 0 Å². The third kappa shape index (κ3) is 2.24. The molecule has 0 radical (unpaired) electrons. The maximum atomic E-state index is 5.01. The highest BCUT2D eigenvalue weighted by Gasteiger charge is 1.98. The molecule has 0 aromatic heterocycles. The lowest BCUT2D eigenvalue weighted by Gasteiger charge is -2.05. The average Bonchev–Trinajstić information content (AvgIpc) is 2.09. The van der Waals surface area contributed by atoms with Gasteiger partial charge in [-0.1, -0.05) is 6.07 Å². The summed E-state index contributed by atoms with van der Waals surface area (Å²) in [6.07, 6.45) is 2.05. The van der Waals surface area contributed by atoms with Crippen molar-refractivity contribution < 1.29 is 4.84 Å². The Hall–Kier alpha value is -0.510. The van der Waals surface area contributed by atoms with Crippen molar-refractivity contribution in [3.63, 3.8) is 0 Å². The van der Waals surface area contributed by atoms with Gasteiger partial charge in [0.2, 0.25) is 0 Å². The second-order valence-electron chi connectivity index (χ2n) is 2.60. The molecular formula is C9H13NOS. The van der Waals surface area contributed by atoms with Crippen molar-refractivity contribution in [2.45, 2.75) is 18.4 Å². The van der Waals surface area contributed by atoms with Gasteiger partial charge in [0.25, 0.3) is 0 Å². The van der Waals surface area contributed by atoms with Crippen LogP contribution in [0.3, 0.4) is 0 Å². The Labute approximate surface area is 77.1 Å². The molecule has 1 aromatic rings.